The van der Waals surface area contributed by atoms with E-state index in [4.69, 9.17) is 18.8 Å². The zero-order valence-corrected chi connectivity index (χ0v) is 18.2. The molecule has 156 valence electrons. The van der Waals surface area contributed by atoms with Gasteiger partial charge >= 0.3 is 0 Å². The van der Waals surface area contributed by atoms with E-state index < -0.39 is 17.3 Å². The maximum Gasteiger partial charge on any atom is 0.259 e. The van der Waals surface area contributed by atoms with Crippen LogP contribution in [0.1, 0.15) is 44.7 Å². The molecule has 1 aliphatic rings. The molecule has 1 saturated heterocycles. The van der Waals surface area contributed by atoms with Gasteiger partial charge in [-0.05, 0) is 75.2 Å². The molecule has 1 fully saturated rings. The molecule has 0 N–H and O–H groups in total. The summed E-state index contributed by atoms with van der Waals surface area (Å²) < 4.78 is 29.7. The quantitative estimate of drug-likeness (QED) is 0.427. The third-order valence-electron chi connectivity index (χ3n) is 5.46. The summed E-state index contributed by atoms with van der Waals surface area (Å²) in [5.41, 5.74) is 0.241. The number of anilines is 2. The molecule has 4 nitrogen and oxygen atoms in total. The van der Waals surface area contributed by atoms with Crippen LogP contribution >= 0.6 is 12.2 Å². The van der Waals surface area contributed by atoms with Gasteiger partial charge in [-0.1, -0.05) is 25.5 Å². The van der Waals surface area contributed by atoms with E-state index in [0.717, 1.165) is 17.7 Å². The summed E-state index contributed by atoms with van der Waals surface area (Å²) in [5.74, 6) is -1.44. The van der Waals surface area contributed by atoms with E-state index in [1.54, 1.807) is 30.9 Å². The van der Waals surface area contributed by atoms with Crippen molar-refractivity contribution in [3.8, 4) is 0 Å². The molecule has 0 atom stereocenters. The van der Waals surface area contributed by atoms with Gasteiger partial charge in [-0.25, -0.2) is 13.6 Å². The van der Waals surface area contributed by atoms with Gasteiger partial charge in [0.25, 0.3) is 5.91 Å². The first-order chi connectivity index (χ1) is 14.1. The standard InChI is InChI=1S/C23H23F2N3OS/c1-6-7-8-15-9-10-16(13-17(15)24)28-22(30)27(21(29)23(28,3)4)19-12-11-18(26-5)14(2)20(19)25/h9-13H,6-8H2,1-4H3. The molecule has 1 aliphatic heterocycles. The van der Waals surface area contributed by atoms with Crippen LogP contribution in [0.3, 0.4) is 0 Å². The van der Waals surface area contributed by atoms with Gasteiger partial charge in [0.1, 0.15) is 17.2 Å². The molecule has 1 amide bonds. The van der Waals surface area contributed by atoms with Gasteiger partial charge < -0.3 is 4.90 Å². The molecular formula is C23H23F2N3OS. The van der Waals surface area contributed by atoms with E-state index in [0.29, 0.717) is 17.7 Å². The van der Waals surface area contributed by atoms with Crippen LogP contribution in [0.2, 0.25) is 0 Å². The first kappa shape index (κ1) is 21.8. The number of nitrogens with zero attached hydrogens (tertiary/aromatic N) is 3. The number of thiocarbonyl (C=S) groups is 1. The largest absolute Gasteiger partial charge is 0.303 e. The first-order valence-electron chi connectivity index (χ1n) is 9.78. The fourth-order valence-corrected chi connectivity index (χ4v) is 4.16. The van der Waals surface area contributed by atoms with Gasteiger partial charge in [0.15, 0.2) is 10.8 Å². The number of aryl methyl sites for hydroxylation is 1. The highest BCUT2D eigenvalue weighted by Crippen LogP contribution is 2.39. The second-order valence-electron chi connectivity index (χ2n) is 7.85. The summed E-state index contributed by atoms with van der Waals surface area (Å²) in [5, 5.41) is 0.0690. The van der Waals surface area contributed by atoms with Gasteiger partial charge in [-0.3, -0.25) is 9.69 Å². The molecule has 0 aliphatic carbocycles. The Morgan fingerprint density at radius 3 is 2.50 bits per heavy atom. The van der Waals surface area contributed by atoms with Crippen molar-refractivity contribution in [3.63, 3.8) is 0 Å². The lowest BCUT2D eigenvalue weighted by molar-refractivity contribution is -0.120. The predicted octanol–water partition coefficient (Wildman–Crippen LogP) is 6.08. The second-order valence-corrected chi connectivity index (χ2v) is 8.22. The minimum absolute atomic E-state index is 0.00878. The first-order valence-corrected chi connectivity index (χ1v) is 10.2. The van der Waals surface area contributed by atoms with E-state index in [1.807, 2.05) is 6.92 Å². The highest BCUT2D eigenvalue weighted by molar-refractivity contribution is 7.81. The monoisotopic (exact) mass is 427 g/mol. The Bertz CT molecular complexity index is 1070. The topological polar surface area (TPSA) is 27.9 Å². The summed E-state index contributed by atoms with van der Waals surface area (Å²) in [6.45, 7) is 14.0. The molecule has 0 bridgehead atoms. The number of halogens is 2. The third kappa shape index (κ3) is 3.46. The zero-order chi connectivity index (χ0) is 22.2. The lowest BCUT2D eigenvalue weighted by atomic mass is 10.0. The van der Waals surface area contributed by atoms with Crippen LogP contribution in [0.15, 0.2) is 30.3 Å². The normalized spacial score (nSPS) is 15.6. The molecule has 2 aromatic carbocycles. The van der Waals surface area contributed by atoms with E-state index in [-0.39, 0.29) is 27.9 Å². The molecule has 0 radical (unpaired) electrons. The number of hydrogen-bond donors (Lipinski definition) is 0. The van der Waals surface area contributed by atoms with Crippen molar-refractivity contribution in [2.45, 2.75) is 52.5 Å². The Morgan fingerprint density at radius 1 is 1.20 bits per heavy atom. The van der Waals surface area contributed by atoms with Gasteiger partial charge in [0, 0.05) is 5.69 Å². The summed E-state index contributed by atoms with van der Waals surface area (Å²) in [4.78, 5) is 19.2. The molecular weight excluding hydrogens is 404 g/mol. The molecule has 0 spiro atoms. The average molecular weight is 428 g/mol. The van der Waals surface area contributed by atoms with Crippen molar-refractivity contribution in [1.82, 2.24) is 0 Å². The van der Waals surface area contributed by atoms with Crippen molar-refractivity contribution in [1.29, 1.82) is 0 Å². The summed E-state index contributed by atoms with van der Waals surface area (Å²) >= 11 is 5.54. The number of hydrogen-bond acceptors (Lipinski definition) is 2. The number of amides is 1. The lowest BCUT2D eigenvalue weighted by Gasteiger charge is -2.29. The molecule has 3 rings (SSSR count). The van der Waals surface area contributed by atoms with E-state index in [9.17, 15) is 13.6 Å². The highest BCUT2D eigenvalue weighted by Gasteiger charge is 2.51. The number of unbranched alkanes of at least 4 members (excludes halogenated alkanes) is 1. The number of benzene rings is 2. The molecule has 2 aromatic rings. The van der Waals surface area contributed by atoms with E-state index in [2.05, 4.69) is 4.85 Å². The number of carbonyl (C=O) groups excluding carboxylic acids is 1. The van der Waals surface area contributed by atoms with Crippen LogP contribution in [0, 0.1) is 25.1 Å². The van der Waals surface area contributed by atoms with Gasteiger partial charge in [-0.2, -0.15) is 0 Å². The summed E-state index contributed by atoms with van der Waals surface area (Å²) in [6.07, 6.45) is 2.49. The van der Waals surface area contributed by atoms with Crippen LogP contribution in [0.4, 0.5) is 25.8 Å². The van der Waals surface area contributed by atoms with Crippen LogP contribution < -0.4 is 9.80 Å². The van der Waals surface area contributed by atoms with Gasteiger partial charge in [0.2, 0.25) is 0 Å². The summed E-state index contributed by atoms with van der Waals surface area (Å²) in [6, 6.07) is 7.67. The van der Waals surface area contributed by atoms with Crippen molar-refractivity contribution in [3.05, 3.63) is 64.5 Å². The molecule has 30 heavy (non-hydrogen) atoms. The van der Waals surface area contributed by atoms with Crippen molar-refractivity contribution >= 4 is 40.3 Å². The third-order valence-corrected chi connectivity index (χ3v) is 5.83. The predicted molar refractivity (Wildman–Crippen MR) is 119 cm³/mol. The molecule has 0 aromatic heterocycles. The van der Waals surface area contributed by atoms with Crippen LogP contribution in [-0.4, -0.2) is 16.6 Å². The minimum atomic E-state index is -1.13. The Morgan fingerprint density at radius 2 is 1.90 bits per heavy atom. The number of carbonyl (C=O) groups is 1. The SMILES string of the molecule is [C-]#[N+]c1ccc(N2C(=O)C(C)(C)N(c3ccc(CCCC)c(F)c3)C2=S)c(F)c1C. The smallest absolute Gasteiger partial charge is 0.259 e. The Hall–Kier alpha value is -2.85. The zero-order valence-electron chi connectivity index (χ0n) is 17.4. The van der Waals surface area contributed by atoms with Crippen LogP contribution in [0.25, 0.3) is 4.85 Å². The lowest BCUT2D eigenvalue weighted by Crippen LogP contribution is -2.44. The Kier molecular flexibility index (Phi) is 5.91. The minimum Gasteiger partial charge on any atom is -0.303 e. The fourth-order valence-electron chi connectivity index (χ4n) is 3.64. The Labute approximate surface area is 180 Å². The molecule has 0 unspecified atom stereocenters. The van der Waals surface area contributed by atoms with Crippen molar-refractivity contribution < 1.29 is 13.6 Å². The summed E-state index contributed by atoms with van der Waals surface area (Å²) in [7, 11) is 0. The molecule has 0 saturated carbocycles. The van der Waals surface area contributed by atoms with E-state index >= 15 is 0 Å². The fraction of sp³-hybridized carbons (Fsp3) is 0.348. The van der Waals surface area contributed by atoms with Crippen molar-refractivity contribution in [2.75, 3.05) is 9.80 Å². The molecule has 1 heterocycles. The second kappa shape index (κ2) is 8.11. The maximum absolute atomic E-state index is 15.0. The Balaban J connectivity index is 2.05. The highest BCUT2D eigenvalue weighted by atomic mass is 32.1. The van der Waals surface area contributed by atoms with E-state index in [1.165, 1.54) is 25.1 Å². The molecule has 7 heteroatoms. The number of rotatable bonds is 5. The van der Waals surface area contributed by atoms with Crippen LogP contribution in [-0.2, 0) is 11.2 Å². The van der Waals surface area contributed by atoms with Gasteiger partial charge in [-0.15, -0.1) is 0 Å². The van der Waals surface area contributed by atoms with Crippen LogP contribution in [0.5, 0.6) is 0 Å². The van der Waals surface area contributed by atoms with Gasteiger partial charge in [0.05, 0.1) is 12.3 Å². The maximum atomic E-state index is 15.0. The van der Waals surface area contributed by atoms with Crippen molar-refractivity contribution in [2.24, 2.45) is 0 Å². The average Bonchev–Trinajstić information content (AvgIpc) is 2.87.